The summed E-state index contributed by atoms with van der Waals surface area (Å²) < 4.78 is 12.4. The summed E-state index contributed by atoms with van der Waals surface area (Å²) in [4.78, 5) is 18.4. The minimum absolute atomic E-state index is 0.0242. The van der Waals surface area contributed by atoms with Crippen molar-refractivity contribution in [1.82, 2.24) is 9.55 Å². The number of aromatic nitrogens is 2. The first-order valence-electron chi connectivity index (χ1n) is 6.92. The number of anilines is 1. The number of ether oxygens (including phenoxy) is 2. The highest BCUT2D eigenvalue weighted by molar-refractivity contribution is 8.00. The molecular formula is C14H23N3O3S. The van der Waals surface area contributed by atoms with Crippen molar-refractivity contribution in [2.24, 2.45) is 0 Å². The number of methoxy groups -OCH3 is 1. The number of hydrogen-bond donors (Lipinski definition) is 0. The van der Waals surface area contributed by atoms with Crippen LogP contribution in [0.2, 0.25) is 0 Å². The van der Waals surface area contributed by atoms with Crippen molar-refractivity contribution in [2.75, 3.05) is 31.4 Å². The van der Waals surface area contributed by atoms with Gasteiger partial charge in [0.25, 0.3) is 0 Å². The molecule has 2 atom stereocenters. The molecule has 21 heavy (non-hydrogen) atoms. The van der Waals surface area contributed by atoms with Crippen LogP contribution in [0.1, 0.15) is 27.0 Å². The lowest BCUT2D eigenvalue weighted by Crippen LogP contribution is -2.40. The van der Waals surface area contributed by atoms with Gasteiger partial charge in [-0.05, 0) is 26.8 Å². The Bertz CT molecular complexity index is 541. The topological polar surface area (TPSA) is 56.6 Å². The molecule has 1 aliphatic heterocycles. The molecule has 0 spiro atoms. The molecule has 0 radical (unpaired) electrons. The average molecular weight is 313 g/mol. The monoisotopic (exact) mass is 313 g/mol. The number of nitrogens with zero attached hydrogens (tertiary/aromatic N) is 3. The van der Waals surface area contributed by atoms with Crippen molar-refractivity contribution in [3.05, 3.63) is 22.7 Å². The molecule has 0 saturated carbocycles. The van der Waals surface area contributed by atoms with Gasteiger partial charge in [-0.15, -0.1) is 11.8 Å². The van der Waals surface area contributed by atoms with E-state index in [4.69, 9.17) is 9.47 Å². The summed E-state index contributed by atoms with van der Waals surface area (Å²) in [6, 6.07) is 1.85. The lowest BCUT2D eigenvalue weighted by molar-refractivity contribution is -0.0152. The number of hydrogen-bond acceptors (Lipinski definition) is 6. The molecule has 1 fully saturated rings. The number of thioether (sulfide) groups is 1. The fourth-order valence-corrected chi connectivity index (χ4v) is 3.02. The van der Waals surface area contributed by atoms with Crippen molar-refractivity contribution in [2.45, 2.75) is 38.0 Å². The van der Waals surface area contributed by atoms with Crippen molar-refractivity contribution in [1.29, 1.82) is 0 Å². The van der Waals surface area contributed by atoms with E-state index in [1.54, 1.807) is 29.6 Å². The molecule has 0 N–H and O–H groups in total. The maximum atomic E-state index is 12.2. The van der Waals surface area contributed by atoms with Gasteiger partial charge in [0.2, 0.25) is 0 Å². The first-order chi connectivity index (χ1) is 9.82. The van der Waals surface area contributed by atoms with Gasteiger partial charge in [0.1, 0.15) is 17.5 Å². The predicted octanol–water partition coefficient (Wildman–Crippen LogP) is 1.71. The van der Waals surface area contributed by atoms with E-state index < -0.39 is 0 Å². The van der Waals surface area contributed by atoms with Gasteiger partial charge < -0.3 is 14.4 Å². The molecule has 0 amide bonds. The van der Waals surface area contributed by atoms with E-state index in [1.807, 2.05) is 18.0 Å². The van der Waals surface area contributed by atoms with Crippen molar-refractivity contribution < 1.29 is 9.47 Å². The van der Waals surface area contributed by atoms with E-state index in [1.165, 1.54) is 0 Å². The summed E-state index contributed by atoms with van der Waals surface area (Å²) in [5.74, 6) is 1.40. The molecule has 7 heteroatoms. The fraction of sp³-hybridized carbons (Fsp3) is 0.714. The van der Waals surface area contributed by atoms with Crippen molar-refractivity contribution >= 4 is 17.6 Å². The van der Waals surface area contributed by atoms with Gasteiger partial charge in [-0.1, -0.05) is 0 Å². The highest BCUT2D eigenvalue weighted by Crippen LogP contribution is 2.31. The van der Waals surface area contributed by atoms with Crippen LogP contribution in [0.25, 0.3) is 0 Å². The van der Waals surface area contributed by atoms with E-state index in [0.717, 1.165) is 5.75 Å². The quantitative estimate of drug-likeness (QED) is 0.843. The number of rotatable bonds is 4. The Hall–Kier alpha value is -1.05. The molecule has 1 aromatic heterocycles. The molecule has 1 aliphatic rings. The van der Waals surface area contributed by atoms with E-state index in [-0.39, 0.29) is 22.9 Å². The zero-order valence-electron chi connectivity index (χ0n) is 13.2. The third kappa shape index (κ3) is 3.78. The Labute approximate surface area is 129 Å². The van der Waals surface area contributed by atoms with Gasteiger partial charge in [-0.3, -0.25) is 4.57 Å². The maximum absolute atomic E-state index is 12.2. The maximum Gasteiger partial charge on any atom is 0.351 e. The van der Waals surface area contributed by atoms with Gasteiger partial charge >= 0.3 is 5.69 Å². The molecule has 118 valence electrons. The normalized spacial score (nSPS) is 22.5. The molecular weight excluding hydrogens is 290 g/mol. The lowest BCUT2D eigenvalue weighted by Gasteiger charge is -2.33. The van der Waals surface area contributed by atoms with E-state index in [0.29, 0.717) is 12.4 Å². The van der Waals surface area contributed by atoms with Crippen LogP contribution in [-0.2, 0) is 9.47 Å². The zero-order valence-corrected chi connectivity index (χ0v) is 14.0. The summed E-state index contributed by atoms with van der Waals surface area (Å²) in [5.41, 5.74) is -0.398. The lowest BCUT2D eigenvalue weighted by atomic mass is 10.1. The minimum atomic E-state index is -0.285. The average Bonchev–Trinajstić information content (AvgIpc) is 2.85. The Balaban J connectivity index is 2.16. The molecule has 1 saturated heterocycles. The van der Waals surface area contributed by atoms with Crippen LogP contribution >= 0.6 is 11.8 Å². The molecule has 0 bridgehead atoms. The largest absolute Gasteiger partial charge is 0.381 e. The van der Waals surface area contributed by atoms with E-state index in [9.17, 15) is 4.79 Å². The smallest absolute Gasteiger partial charge is 0.351 e. The zero-order chi connectivity index (χ0) is 15.6. The molecule has 2 rings (SSSR count). The third-order valence-electron chi connectivity index (χ3n) is 3.51. The minimum Gasteiger partial charge on any atom is -0.381 e. The Morgan fingerprint density at radius 2 is 2.29 bits per heavy atom. The molecule has 0 aliphatic carbocycles. The highest BCUT2D eigenvalue weighted by atomic mass is 32.2. The van der Waals surface area contributed by atoms with E-state index >= 15 is 0 Å². The van der Waals surface area contributed by atoms with Gasteiger partial charge in [0.15, 0.2) is 0 Å². The van der Waals surface area contributed by atoms with Crippen LogP contribution in [-0.4, -0.2) is 47.0 Å². The van der Waals surface area contributed by atoms with Crippen LogP contribution in [0.15, 0.2) is 17.1 Å². The Morgan fingerprint density at radius 3 is 2.86 bits per heavy atom. The standard InChI is InChI=1S/C14H23N3O3S/c1-14(2,3)16(4)10-6-7-17(13(18)15-10)11-9-21-12(20-11)8-19-5/h6-7,11-12H,8-9H2,1-5H3/t11-,12+/m0/s1. The third-order valence-corrected chi connectivity index (χ3v) is 4.61. The van der Waals surface area contributed by atoms with Crippen molar-refractivity contribution in [3.8, 4) is 0 Å². The predicted molar refractivity (Wildman–Crippen MR) is 84.9 cm³/mol. The first kappa shape index (κ1) is 16.3. The van der Waals surface area contributed by atoms with Gasteiger partial charge in [0.05, 0.1) is 6.61 Å². The Morgan fingerprint density at radius 1 is 1.57 bits per heavy atom. The van der Waals surface area contributed by atoms with Crippen LogP contribution in [0.5, 0.6) is 0 Å². The fourth-order valence-electron chi connectivity index (χ4n) is 1.97. The molecule has 0 aromatic carbocycles. The molecule has 1 aromatic rings. The summed E-state index contributed by atoms with van der Waals surface area (Å²) in [6.45, 7) is 6.75. The second-order valence-electron chi connectivity index (χ2n) is 6.01. The highest BCUT2D eigenvalue weighted by Gasteiger charge is 2.28. The Kier molecular flexibility index (Phi) is 4.95. The molecule has 0 unspecified atom stereocenters. The van der Waals surface area contributed by atoms with Crippen molar-refractivity contribution in [3.63, 3.8) is 0 Å². The van der Waals surface area contributed by atoms with Gasteiger partial charge in [-0.2, -0.15) is 4.98 Å². The SMILES string of the molecule is COC[C@@H]1O[C@H](n2ccc(N(C)C(C)(C)C)nc2=O)CS1. The van der Waals surface area contributed by atoms with Crippen LogP contribution < -0.4 is 10.6 Å². The molecule has 2 heterocycles. The summed E-state index contributed by atoms with van der Waals surface area (Å²) in [6.07, 6.45) is 1.48. The first-order valence-corrected chi connectivity index (χ1v) is 7.97. The summed E-state index contributed by atoms with van der Waals surface area (Å²) in [7, 11) is 3.57. The van der Waals surface area contributed by atoms with Gasteiger partial charge in [-0.25, -0.2) is 4.79 Å². The summed E-state index contributed by atoms with van der Waals surface area (Å²) in [5, 5.41) is 0. The summed E-state index contributed by atoms with van der Waals surface area (Å²) >= 11 is 1.65. The second-order valence-corrected chi connectivity index (χ2v) is 7.21. The van der Waals surface area contributed by atoms with Gasteiger partial charge in [0, 0.05) is 31.6 Å². The second kappa shape index (κ2) is 6.37. The van der Waals surface area contributed by atoms with Crippen LogP contribution in [0.4, 0.5) is 5.82 Å². The van der Waals surface area contributed by atoms with Crippen LogP contribution in [0.3, 0.4) is 0 Å². The van der Waals surface area contributed by atoms with E-state index in [2.05, 4.69) is 25.8 Å². The van der Waals surface area contributed by atoms with Crippen LogP contribution in [0, 0.1) is 0 Å². The molecule has 6 nitrogen and oxygen atoms in total.